The molecule has 1 amide bonds. The van der Waals surface area contributed by atoms with Crippen LogP contribution >= 0.6 is 35.3 Å². The topological polar surface area (TPSA) is 70.1 Å². The lowest BCUT2D eigenvalue weighted by Crippen LogP contribution is -2.55. The second-order valence-electron chi connectivity index (χ2n) is 6.57. The number of thiazole rings is 1. The van der Waals surface area contributed by atoms with Gasteiger partial charge in [0.05, 0.1) is 17.2 Å². The first-order chi connectivity index (χ1) is 12.7. The Bertz CT molecular complexity index is 625. The summed E-state index contributed by atoms with van der Waals surface area (Å²) in [4.78, 5) is 26.0. The Morgan fingerprint density at radius 1 is 1.33 bits per heavy atom. The average Bonchev–Trinajstić information content (AvgIpc) is 3.36. The molecule has 2 aliphatic heterocycles. The molecule has 3 heterocycles. The Morgan fingerprint density at radius 3 is 2.67 bits per heavy atom. The maximum atomic E-state index is 12.5. The van der Waals surface area contributed by atoms with E-state index in [2.05, 4.69) is 34.4 Å². The minimum atomic E-state index is -0.221. The number of hydrogen-bond acceptors (Lipinski definition) is 5. The van der Waals surface area contributed by atoms with E-state index < -0.39 is 0 Å². The number of ether oxygens (including phenoxy) is 1. The summed E-state index contributed by atoms with van der Waals surface area (Å²) in [5.74, 6) is 1.06. The fourth-order valence-corrected chi connectivity index (χ4v) is 4.02. The standard InChI is InChI=1S/C18H29N5O2S.HI/c1-3-16-21-14(13-26-16)12-20-18(19-4-2)23-9-7-22(8-10-23)17(24)15-6-5-11-25-15;/h13,15H,3-12H2,1-2H3,(H,19,20);1H. The van der Waals surface area contributed by atoms with Crippen LogP contribution < -0.4 is 5.32 Å². The molecule has 1 aromatic rings. The zero-order valence-corrected chi connectivity index (χ0v) is 19.3. The summed E-state index contributed by atoms with van der Waals surface area (Å²) in [6.45, 7) is 9.35. The Hall–Kier alpha value is -0.940. The Labute approximate surface area is 182 Å². The molecule has 27 heavy (non-hydrogen) atoms. The van der Waals surface area contributed by atoms with E-state index in [1.807, 2.05) is 4.90 Å². The lowest BCUT2D eigenvalue weighted by molar-refractivity contribution is -0.142. The summed E-state index contributed by atoms with van der Waals surface area (Å²) >= 11 is 1.70. The van der Waals surface area contributed by atoms with E-state index in [0.717, 1.165) is 68.6 Å². The summed E-state index contributed by atoms with van der Waals surface area (Å²) in [7, 11) is 0. The van der Waals surface area contributed by atoms with E-state index in [0.29, 0.717) is 13.2 Å². The first kappa shape index (κ1) is 22.4. The number of amides is 1. The van der Waals surface area contributed by atoms with Crippen molar-refractivity contribution in [2.45, 2.75) is 45.8 Å². The zero-order valence-electron chi connectivity index (χ0n) is 16.1. The molecule has 2 fully saturated rings. The molecule has 0 spiro atoms. The van der Waals surface area contributed by atoms with Crippen molar-refractivity contribution < 1.29 is 9.53 Å². The highest BCUT2D eigenvalue weighted by molar-refractivity contribution is 14.0. The molecular weight excluding hydrogens is 477 g/mol. The van der Waals surface area contributed by atoms with Gasteiger partial charge in [0.15, 0.2) is 5.96 Å². The molecule has 3 rings (SSSR count). The van der Waals surface area contributed by atoms with Gasteiger partial charge in [0, 0.05) is 44.7 Å². The van der Waals surface area contributed by atoms with Gasteiger partial charge >= 0.3 is 0 Å². The number of aromatic nitrogens is 1. The highest BCUT2D eigenvalue weighted by Gasteiger charge is 2.30. The van der Waals surface area contributed by atoms with Crippen LogP contribution in [0.25, 0.3) is 0 Å². The van der Waals surface area contributed by atoms with Gasteiger partial charge in [-0.3, -0.25) is 4.79 Å². The fraction of sp³-hybridized carbons (Fsp3) is 0.722. The summed E-state index contributed by atoms with van der Waals surface area (Å²) in [5, 5.41) is 6.61. The van der Waals surface area contributed by atoms with Crippen LogP contribution in [0, 0.1) is 0 Å². The van der Waals surface area contributed by atoms with Gasteiger partial charge in [-0.1, -0.05) is 6.92 Å². The smallest absolute Gasteiger partial charge is 0.251 e. The van der Waals surface area contributed by atoms with Gasteiger partial charge in [0.1, 0.15) is 6.10 Å². The molecule has 0 bridgehead atoms. The zero-order chi connectivity index (χ0) is 18.4. The van der Waals surface area contributed by atoms with E-state index in [1.54, 1.807) is 11.3 Å². The summed E-state index contributed by atoms with van der Waals surface area (Å²) < 4.78 is 5.53. The third-order valence-electron chi connectivity index (χ3n) is 4.72. The summed E-state index contributed by atoms with van der Waals surface area (Å²) in [6.07, 6.45) is 2.59. The number of aryl methyl sites for hydroxylation is 1. The lowest BCUT2D eigenvalue weighted by atomic mass is 10.2. The predicted octanol–water partition coefficient (Wildman–Crippen LogP) is 2.11. The van der Waals surface area contributed by atoms with Crippen LogP contribution in [0.1, 0.15) is 37.4 Å². The molecule has 7 nitrogen and oxygen atoms in total. The normalized spacial score (nSPS) is 20.5. The van der Waals surface area contributed by atoms with Crippen LogP contribution in [0.4, 0.5) is 0 Å². The van der Waals surface area contributed by atoms with Gasteiger partial charge in [0.2, 0.25) is 0 Å². The second-order valence-corrected chi connectivity index (χ2v) is 7.51. The van der Waals surface area contributed by atoms with E-state index in [-0.39, 0.29) is 36.0 Å². The first-order valence-corrected chi connectivity index (χ1v) is 10.5. The monoisotopic (exact) mass is 507 g/mol. The summed E-state index contributed by atoms with van der Waals surface area (Å²) in [5.41, 5.74) is 1.02. The molecule has 0 saturated carbocycles. The average molecular weight is 507 g/mol. The molecule has 1 N–H and O–H groups in total. The van der Waals surface area contributed by atoms with Gasteiger partial charge in [-0.15, -0.1) is 35.3 Å². The van der Waals surface area contributed by atoms with Crippen LogP contribution in [0.3, 0.4) is 0 Å². The number of hydrogen-bond donors (Lipinski definition) is 1. The SMILES string of the molecule is CCNC(=NCc1csc(CC)n1)N1CCN(C(=O)C2CCCO2)CC1.I. The molecule has 1 aromatic heterocycles. The van der Waals surface area contributed by atoms with Gasteiger partial charge in [-0.25, -0.2) is 9.98 Å². The molecule has 0 radical (unpaired) electrons. The molecule has 0 aromatic carbocycles. The van der Waals surface area contributed by atoms with Gasteiger partial charge in [0.25, 0.3) is 5.91 Å². The summed E-state index contributed by atoms with van der Waals surface area (Å²) in [6, 6.07) is 0. The number of guanidine groups is 1. The van der Waals surface area contributed by atoms with Crippen molar-refractivity contribution in [2.24, 2.45) is 4.99 Å². The van der Waals surface area contributed by atoms with Crippen molar-refractivity contribution >= 4 is 47.2 Å². The van der Waals surface area contributed by atoms with E-state index in [4.69, 9.17) is 9.73 Å². The second kappa shape index (κ2) is 11.2. The van der Waals surface area contributed by atoms with Crippen molar-refractivity contribution in [3.63, 3.8) is 0 Å². The number of halogens is 1. The number of aliphatic imine (C=N–C) groups is 1. The van der Waals surface area contributed by atoms with E-state index >= 15 is 0 Å². The van der Waals surface area contributed by atoms with Gasteiger partial charge in [-0.05, 0) is 26.2 Å². The van der Waals surface area contributed by atoms with Crippen LogP contribution in [-0.2, 0) is 22.5 Å². The minimum absolute atomic E-state index is 0. The molecule has 2 saturated heterocycles. The van der Waals surface area contributed by atoms with Crippen molar-refractivity contribution in [1.82, 2.24) is 20.1 Å². The van der Waals surface area contributed by atoms with Gasteiger partial charge < -0.3 is 19.9 Å². The van der Waals surface area contributed by atoms with Crippen LogP contribution in [0.15, 0.2) is 10.4 Å². The maximum Gasteiger partial charge on any atom is 0.251 e. The number of carbonyl (C=O) groups is 1. The largest absolute Gasteiger partial charge is 0.368 e. The number of nitrogens with zero attached hydrogens (tertiary/aromatic N) is 4. The predicted molar refractivity (Wildman–Crippen MR) is 119 cm³/mol. The van der Waals surface area contributed by atoms with Crippen molar-refractivity contribution in [2.75, 3.05) is 39.3 Å². The maximum absolute atomic E-state index is 12.5. The lowest BCUT2D eigenvalue weighted by Gasteiger charge is -2.37. The first-order valence-electron chi connectivity index (χ1n) is 9.58. The Balaban J connectivity index is 0.00000261. The Morgan fingerprint density at radius 2 is 2.07 bits per heavy atom. The number of rotatable bonds is 5. The van der Waals surface area contributed by atoms with Crippen LogP contribution in [0.2, 0.25) is 0 Å². The third kappa shape index (κ3) is 6.02. The minimum Gasteiger partial charge on any atom is -0.368 e. The number of nitrogens with one attached hydrogen (secondary N) is 1. The molecule has 1 atom stereocenters. The quantitative estimate of drug-likeness (QED) is 0.376. The molecular formula is C18H30IN5O2S. The van der Waals surface area contributed by atoms with Crippen LogP contribution in [-0.4, -0.2) is 72.1 Å². The number of piperazine rings is 1. The van der Waals surface area contributed by atoms with Crippen molar-refractivity contribution in [3.05, 3.63) is 16.1 Å². The highest BCUT2D eigenvalue weighted by Crippen LogP contribution is 2.16. The van der Waals surface area contributed by atoms with Crippen molar-refractivity contribution in [1.29, 1.82) is 0 Å². The van der Waals surface area contributed by atoms with E-state index in [1.165, 1.54) is 0 Å². The number of carbonyl (C=O) groups excluding carboxylic acids is 1. The highest BCUT2D eigenvalue weighted by atomic mass is 127. The van der Waals surface area contributed by atoms with Crippen molar-refractivity contribution in [3.8, 4) is 0 Å². The van der Waals surface area contributed by atoms with Gasteiger partial charge in [-0.2, -0.15) is 0 Å². The third-order valence-corrected chi connectivity index (χ3v) is 5.77. The van der Waals surface area contributed by atoms with Crippen LogP contribution in [0.5, 0.6) is 0 Å². The molecule has 152 valence electrons. The van der Waals surface area contributed by atoms with E-state index in [9.17, 15) is 4.79 Å². The molecule has 1 unspecified atom stereocenters. The fourth-order valence-electron chi connectivity index (χ4n) is 3.28. The molecule has 2 aliphatic rings. The molecule has 9 heteroatoms. The molecule has 0 aliphatic carbocycles. The Kier molecular flexibility index (Phi) is 9.24.